The largest absolute Gasteiger partial charge is 0.383 e. The average molecular weight is 360 g/mol. The van der Waals surface area contributed by atoms with E-state index >= 15 is 0 Å². The number of hydrogen-bond donors (Lipinski definition) is 1. The molecule has 0 radical (unpaired) electrons. The first-order valence-corrected chi connectivity index (χ1v) is 9.72. The third kappa shape index (κ3) is 3.34. The van der Waals surface area contributed by atoms with Gasteiger partial charge in [-0.15, -0.1) is 0 Å². The third-order valence-corrected chi connectivity index (χ3v) is 5.78. The van der Waals surface area contributed by atoms with E-state index in [1.165, 1.54) is 4.90 Å². The summed E-state index contributed by atoms with van der Waals surface area (Å²) in [5, 5.41) is -0.311. The zero-order valence-corrected chi connectivity index (χ0v) is 15.0. The van der Waals surface area contributed by atoms with Crippen molar-refractivity contribution >= 4 is 27.4 Å². The summed E-state index contributed by atoms with van der Waals surface area (Å²) in [6, 6.07) is 7.78. The summed E-state index contributed by atoms with van der Waals surface area (Å²) in [7, 11) is -3.61. The SMILES string of the molecule is CCCS(=O)(=O)c1nc(N)c2c(n1)N(Cc1ccc(C)cc1)C(=O)C2. The zero-order valence-electron chi connectivity index (χ0n) is 14.2. The van der Waals surface area contributed by atoms with Crippen molar-refractivity contribution in [2.45, 2.75) is 38.4 Å². The summed E-state index contributed by atoms with van der Waals surface area (Å²) < 4.78 is 24.6. The van der Waals surface area contributed by atoms with Crippen molar-refractivity contribution < 1.29 is 13.2 Å². The Kier molecular flexibility index (Phi) is 4.47. The standard InChI is InChI=1S/C17H20N4O3S/c1-3-8-25(23,24)17-19-15(18)13-9-14(22)21(16(13)20-17)10-12-6-4-11(2)5-7-12/h4-7H,3,8-10H2,1-2H3,(H2,18,19,20). The summed E-state index contributed by atoms with van der Waals surface area (Å²) >= 11 is 0. The molecular formula is C17H20N4O3S. The molecule has 132 valence electrons. The van der Waals surface area contributed by atoms with Crippen molar-refractivity contribution in [3.05, 3.63) is 41.0 Å². The van der Waals surface area contributed by atoms with Gasteiger partial charge in [0.15, 0.2) is 0 Å². The Morgan fingerprint density at radius 1 is 1.20 bits per heavy atom. The predicted octanol–water partition coefficient (Wildman–Crippen LogP) is 1.64. The van der Waals surface area contributed by atoms with Gasteiger partial charge in [-0.25, -0.2) is 18.4 Å². The Morgan fingerprint density at radius 3 is 2.52 bits per heavy atom. The molecule has 0 unspecified atom stereocenters. The summed E-state index contributed by atoms with van der Waals surface area (Å²) in [4.78, 5) is 22.0. The van der Waals surface area contributed by atoms with Gasteiger partial charge < -0.3 is 5.73 Å². The van der Waals surface area contributed by atoms with Crippen LogP contribution in [0.25, 0.3) is 0 Å². The normalized spacial score (nSPS) is 14.0. The van der Waals surface area contributed by atoms with Gasteiger partial charge in [-0.05, 0) is 18.9 Å². The van der Waals surface area contributed by atoms with Crippen LogP contribution < -0.4 is 10.6 Å². The second-order valence-electron chi connectivity index (χ2n) is 6.15. The minimum atomic E-state index is -3.61. The lowest BCUT2D eigenvalue weighted by Gasteiger charge is -2.17. The minimum Gasteiger partial charge on any atom is -0.383 e. The highest BCUT2D eigenvalue weighted by atomic mass is 32.2. The van der Waals surface area contributed by atoms with Crippen molar-refractivity contribution in [2.75, 3.05) is 16.4 Å². The van der Waals surface area contributed by atoms with Gasteiger partial charge in [-0.2, -0.15) is 0 Å². The molecule has 0 saturated carbocycles. The summed E-state index contributed by atoms with van der Waals surface area (Å²) in [5.74, 6) is 0.130. The molecule has 0 fully saturated rings. The van der Waals surface area contributed by atoms with E-state index < -0.39 is 9.84 Å². The highest BCUT2D eigenvalue weighted by molar-refractivity contribution is 7.91. The predicted molar refractivity (Wildman–Crippen MR) is 94.9 cm³/mol. The monoisotopic (exact) mass is 360 g/mol. The lowest BCUT2D eigenvalue weighted by atomic mass is 10.1. The highest BCUT2D eigenvalue weighted by Gasteiger charge is 2.33. The Hall–Kier alpha value is -2.48. The fourth-order valence-electron chi connectivity index (χ4n) is 2.76. The first-order chi connectivity index (χ1) is 11.8. The molecule has 0 aliphatic carbocycles. The molecule has 8 heteroatoms. The van der Waals surface area contributed by atoms with E-state index in [0.29, 0.717) is 24.3 Å². The Bertz CT molecular complexity index is 924. The lowest BCUT2D eigenvalue weighted by molar-refractivity contribution is -0.117. The number of anilines is 2. The first-order valence-electron chi connectivity index (χ1n) is 8.07. The number of sulfone groups is 1. The molecule has 0 atom stereocenters. The highest BCUT2D eigenvalue weighted by Crippen LogP contribution is 2.32. The van der Waals surface area contributed by atoms with Gasteiger partial charge >= 0.3 is 0 Å². The topological polar surface area (TPSA) is 106 Å². The molecule has 0 saturated heterocycles. The fourth-order valence-corrected chi connectivity index (χ4v) is 3.95. The molecule has 2 N–H and O–H groups in total. The molecular weight excluding hydrogens is 340 g/mol. The number of nitrogen functional groups attached to an aromatic ring is 1. The molecule has 2 heterocycles. The van der Waals surface area contributed by atoms with Gasteiger partial charge in [0.1, 0.15) is 11.6 Å². The maximum atomic E-state index is 12.4. The van der Waals surface area contributed by atoms with Crippen LogP contribution in [0, 0.1) is 6.92 Å². The number of aromatic nitrogens is 2. The number of benzene rings is 1. The number of carbonyl (C=O) groups is 1. The van der Waals surface area contributed by atoms with Crippen molar-refractivity contribution in [1.29, 1.82) is 0 Å². The van der Waals surface area contributed by atoms with Crippen molar-refractivity contribution in [3.8, 4) is 0 Å². The molecule has 7 nitrogen and oxygen atoms in total. The van der Waals surface area contributed by atoms with Crippen molar-refractivity contribution in [1.82, 2.24) is 9.97 Å². The number of hydrogen-bond acceptors (Lipinski definition) is 6. The molecule has 1 amide bonds. The first kappa shape index (κ1) is 17.3. The van der Waals surface area contributed by atoms with Crippen LogP contribution in [0.2, 0.25) is 0 Å². The molecule has 25 heavy (non-hydrogen) atoms. The second-order valence-corrected chi connectivity index (χ2v) is 8.16. The van der Waals surface area contributed by atoms with E-state index in [1.807, 2.05) is 31.2 Å². The number of nitrogens with two attached hydrogens (primary N) is 1. The molecule has 3 rings (SSSR count). The van der Waals surface area contributed by atoms with Crippen LogP contribution in [0.3, 0.4) is 0 Å². The molecule has 1 aromatic carbocycles. The van der Waals surface area contributed by atoms with Gasteiger partial charge in [-0.3, -0.25) is 9.69 Å². The van der Waals surface area contributed by atoms with Crippen LogP contribution in [0.5, 0.6) is 0 Å². The smallest absolute Gasteiger partial charge is 0.251 e. The molecule has 1 aliphatic heterocycles. The fraction of sp³-hybridized carbons (Fsp3) is 0.353. The number of amides is 1. The number of nitrogens with zero attached hydrogens (tertiary/aromatic N) is 3. The van der Waals surface area contributed by atoms with Crippen LogP contribution in [0.15, 0.2) is 29.4 Å². The maximum Gasteiger partial charge on any atom is 0.251 e. The van der Waals surface area contributed by atoms with Crippen LogP contribution in [0.4, 0.5) is 11.6 Å². The second kappa shape index (κ2) is 6.44. The lowest BCUT2D eigenvalue weighted by Crippen LogP contribution is -2.27. The summed E-state index contributed by atoms with van der Waals surface area (Å²) in [6.45, 7) is 4.07. The Balaban J connectivity index is 2.01. The van der Waals surface area contributed by atoms with Crippen LogP contribution in [-0.4, -0.2) is 30.0 Å². The summed E-state index contributed by atoms with van der Waals surface area (Å²) in [6.07, 6.45) is 0.538. The molecule has 1 aliphatic rings. The zero-order chi connectivity index (χ0) is 18.2. The van der Waals surface area contributed by atoms with Crippen molar-refractivity contribution in [2.24, 2.45) is 0 Å². The van der Waals surface area contributed by atoms with E-state index in [1.54, 1.807) is 6.92 Å². The summed E-state index contributed by atoms with van der Waals surface area (Å²) in [5.41, 5.74) is 8.46. The van der Waals surface area contributed by atoms with Crippen LogP contribution in [0.1, 0.15) is 30.0 Å². The van der Waals surface area contributed by atoms with Gasteiger partial charge in [0.05, 0.1) is 18.7 Å². The third-order valence-electron chi connectivity index (χ3n) is 4.09. The minimum absolute atomic E-state index is 0.0550. The van der Waals surface area contributed by atoms with Gasteiger partial charge in [0.2, 0.25) is 15.7 Å². The van der Waals surface area contributed by atoms with Gasteiger partial charge in [0, 0.05) is 5.56 Å². The number of carbonyl (C=O) groups excluding carboxylic acids is 1. The molecule has 1 aromatic heterocycles. The molecule has 2 aromatic rings. The maximum absolute atomic E-state index is 12.4. The van der Waals surface area contributed by atoms with Gasteiger partial charge in [0.25, 0.3) is 5.16 Å². The van der Waals surface area contributed by atoms with E-state index in [-0.39, 0.29) is 29.1 Å². The Morgan fingerprint density at radius 2 is 1.88 bits per heavy atom. The Labute approximate surface area is 146 Å². The average Bonchev–Trinajstić information content (AvgIpc) is 2.86. The van der Waals surface area contributed by atoms with Crippen molar-refractivity contribution in [3.63, 3.8) is 0 Å². The van der Waals surface area contributed by atoms with Gasteiger partial charge in [-0.1, -0.05) is 36.8 Å². The molecule has 0 spiro atoms. The molecule has 0 bridgehead atoms. The van der Waals surface area contributed by atoms with E-state index in [4.69, 9.17) is 5.73 Å². The quantitative estimate of drug-likeness (QED) is 0.813. The van der Waals surface area contributed by atoms with Crippen LogP contribution >= 0.6 is 0 Å². The van der Waals surface area contributed by atoms with E-state index in [2.05, 4.69) is 9.97 Å². The van der Waals surface area contributed by atoms with E-state index in [0.717, 1.165) is 11.1 Å². The van der Waals surface area contributed by atoms with Crippen LogP contribution in [-0.2, 0) is 27.6 Å². The number of fused-ring (bicyclic) bond motifs is 1. The number of rotatable bonds is 5. The van der Waals surface area contributed by atoms with E-state index in [9.17, 15) is 13.2 Å². The number of aryl methyl sites for hydroxylation is 1.